The van der Waals surface area contributed by atoms with E-state index in [-0.39, 0.29) is 28.8 Å². The lowest BCUT2D eigenvalue weighted by atomic mass is 10.2. The number of aromatic carboxylic acids is 1. The van der Waals surface area contributed by atoms with E-state index in [0.29, 0.717) is 5.69 Å². The first-order valence-corrected chi connectivity index (χ1v) is 3.56. The number of hydrogen-bond donors (Lipinski definition) is 2. The number of carbonyl (C=O) groups is 1. The summed E-state index contributed by atoms with van der Waals surface area (Å²) in [4.78, 5) is 14.4. The van der Waals surface area contributed by atoms with Gasteiger partial charge in [0.25, 0.3) is 0 Å². The highest BCUT2D eigenvalue weighted by Gasteiger charge is 2.11. The van der Waals surface area contributed by atoms with Crippen LogP contribution in [0.5, 0.6) is 0 Å². The Hall–Kier alpha value is -1.000. The van der Waals surface area contributed by atoms with E-state index in [1.54, 1.807) is 6.92 Å². The lowest BCUT2D eigenvalue weighted by Gasteiger charge is -2.02. The van der Waals surface area contributed by atoms with Gasteiger partial charge in [0.2, 0.25) is 0 Å². The number of hydrogen-bond acceptors (Lipinski definition) is 3. The van der Waals surface area contributed by atoms with Crippen molar-refractivity contribution in [1.29, 1.82) is 0 Å². The molecule has 6 heteroatoms. The highest BCUT2D eigenvalue weighted by atomic mass is 35.5. The molecule has 1 aromatic heterocycles. The van der Waals surface area contributed by atoms with E-state index in [9.17, 15) is 4.79 Å². The molecule has 0 fully saturated rings. The van der Waals surface area contributed by atoms with Crippen LogP contribution < -0.4 is 5.73 Å². The molecule has 0 aliphatic rings. The second-order valence-corrected chi connectivity index (χ2v) is 2.68. The molecular weight excluding hydrogens is 215 g/mol. The van der Waals surface area contributed by atoms with Gasteiger partial charge in [-0.2, -0.15) is 0 Å². The van der Waals surface area contributed by atoms with Crippen LogP contribution in [0.25, 0.3) is 0 Å². The molecule has 0 bridgehead atoms. The van der Waals surface area contributed by atoms with E-state index in [2.05, 4.69) is 4.98 Å². The molecule has 4 nitrogen and oxygen atoms in total. The third-order valence-corrected chi connectivity index (χ3v) is 1.66. The van der Waals surface area contributed by atoms with Crippen LogP contribution in [0.4, 0.5) is 5.69 Å². The van der Waals surface area contributed by atoms with E-state index >= 15 is 0 Å². The van der Waals surface area contributed by atoms with Gasteiger partial charge in [-0.3, -0.25) is 0 Å². The number of halogens is 2. The zero-order chi connectivity index (χ0) is 9.30. The third-order valence-electron chi connectivity index (χ3n) is 1.37. The average molecular weight is 223 g/mol. The van der Waals surface area contributed by atoms with Crippen molar-refractivity contribution < 1.29 is 9.90 Å². The Kier molecular flexibility index (Phi) is 3.97. The summed E-state index contributed by atoms with van der Waals surface area (Å²) in [7, 11) is 0. The van der Waals surface area contributed by atoms with E-state index in [1.165, 1.54) is 6.07 Å². The summed E-state index contributed by atoms with van der Waals surface area (Å²) in [6.07, 6.45) is 0. The molecule has 72 valence electrons. The lowest BCUT2D eigenvalue weighted by molar-refractivity contribution is 0.0698. The van der Waals surface area contributed by atoms with Crippen molar-refractivity contribution >= 4 is 35.7 Å². The Labute approximate surface area is 86.1 Å². The zero-order valence-electron chi connectivity index (χ0n) is 6.74. The SMILES string of the molecule is Cc1cc(C(=O)O)c(N)c(Cl)n1.Cl. The number of nitrogens with zero attached hydrogens (tertiary/aromatic N) is 1. The minimum atomic E-state index is -1.10. The number of anilines is 1. The van der Waals surface area contributed by atoms with Crippen LogP contribution in [0.15, 0.2) is 6.07 Å². The molecule has 1 heterocycles. The molecule has 0 saturated heterocycles. The van der Waals surface area contributed by atoms with E-state index < -0.39 is 5.97 Å². The number of pyridine rings is 1. The zero-order valence-corrected chi connectivity index (χ0v) is 8.32. The molecule has 0 radical (unpaired) electrons. The number of aryl methyl sites for hydroxylation is 1. The lowest BCUT2D eigenvalue weighted by Crippen LogP contribution is -2.04. The number of aromatic nitrogens is 1. The quantitative estimate of drug-likeness (QED) is 0.711. The van der Waals surface area contributed by atoms with E-state index in [4.69, 9.17) is 22.4 Å². The summed E-state index contributed by atoms with van der Waals surface area (Å²) >= 11 is 5.56. The van der Waals surface area contributed by atoms with Crippen LogP contribution in [0, 0.1) is 6.92 Å². The third kappa shape index (κ3) is 2.47. The molecule has 0 spiro atoms. The number of rotatable bonds is 1. The Morgan fingerprint density at radius 2 is 2.23 bits per heavy atom. The molecule has 0 aromatic carbocycles. The van der Waals surface area contributed by atoms with Crippen LogP contribution in [0.2, 0.25) is 5.15 Å². The van der Waals surface area contributed by atoms with Crippen molar-refractivity contribution in [3.05, 3.63) is 22.5 Å². The van der Waals surface area contributed by atoms with Gasteiger partial charge in [-0.1, -0.05) is 11.6 Å². The monoisotopic (exact) mass is 222 g/mol. The van der Waals surface area contributed by atoms with Crippen molar-refractivity contribution in [1.82, 2.24) is 4.98 Å². The van der Waals surface area contributed by atoms with Crippen LogP contribution >= 0.6 is 24.0 Å². The Balaban J connectivity index is 0.00000144. The molecule has 0 atom stereocenters. The number of carboxylic acids is 1. The summed E-state index contributed by atoms with van der Waals surface area (Å²) in [5, 5.41) is 8.68. The predicted molar refractivity (Wildman–Crippen MR) is 52.6 cm³/mol. The summed E-state index contributed by atoms with van der Waals surface area (Å²) in [5.41, 5.74) is 5.91. The van der Waals surface area contributed by atoms with Crippen LogP contribution in [-0.2, 0) is 0 Å². The fraction of sp³-hybridized carbons (Fsp3) is 0.143. The first-order chi connectivity index (χ1) is 5.52. The molecule has 0 unspecified atom stereocenters. The standard InChI is InChI=1S/C7H7ClN2O2.ClH/c1-3-2-4(7(11)12)5(9)6(8)10-3;/h2H,9H2,1H3,(H,11,12);1H. The minimum Gasteiger partial charge on any atom is -0.478 e. The van der Waals surface area contributed by atoms with Crippen molar-refractivity contribution in [2.24, 2.45) is 0 Å². The first-order valence-electron chi connectivity index (χ1n) is 3.18. The Bertz CT molecular complexity index is 342. The molecule has 1 aromatic rings. The largest absolute Gasteiger partial charge is 0.478 e. The second kappa shape index (κ2) is 4.30. The van der Waals surface area contributed by atoms with Gasteiger partial charge >= 0.3 is 5.97 Å². The van der Waals surface area contributed by atoms with Crippen molar-refractivity contribution in [3.8, 4) is 0 Å². The Morgan fingerprint density at radius 3 is 2.69 bits per heavy atom. The molecule has 0 aliphatic carbocycles. The summed E-state index contributed by atoms with van der Waals surface area (Å²) in [6, 6.07) is 1.38. The number of nitrogens with two attached hydrogens (primary N) is 1. The van der Waals surface area contributed by atoms with E-state index in [0.717, 1.165) is 0 Å². The fourth-order valence-corrected chi connectivity index (χ4v) is 1.06. The van der Waals surface area contributed by atoms with Crippen molar-refractivity contribution in [2.75, 3.05) is 5.73 Å². The first kappa shape index (κ1) is 12.0. The van der Waals surface area contributed by atoms with Crippen molar-refractivity contribution in [3.63, 3.8) is 0 Å². The summed E-state index contributed by atoms with van der Waals surface area (Å²) < 4.78 is 0. The second-order valence-electron chi connectivity index (χ2n) is 2.32. The highest BCUT2D eigenvalue weighted by Crippen LogP contribution is 2.21. The molecule has 0 saturated carbocycles. The minimum absolute atomic E-state index is 0. The van der Waals surface area contributed by atoms with Gasteiger partial charge in [0, 0.05) is 5.69 Å². The molecule has 0 amide bonds. The van der Waals surface area contributed by atoms with Crippen LogP contribution in [0.1, 0.15) is 16.1 Å². The van der Waals surface area contributed by atoms with E-state index in [1.807, 2.05) is 0 Å². The average Bonchev–Trinajstić information content (AvgIpc) is 1.96. The van der Waals surface area contributed by atoms with Gasteiger partial charge in [-0.25, -0.2) is 9.78 Å². The van der Waals surface area contributed by atoms with Crippen LogP contribution in [-0.4, -0.2) is 16.1 Å². The maximum Gasteiger partial charge on any atom is 0.337 e. The highest BCUT2D eigenvalue weighted by molar-refractivity contribution is 6.32. The normalized spacial score (nSPS) is 9.08. The number of nitrogen functional groups attached to an aromatic ring is 1. The van der Waals surface area contributed by atoms with Gasteiger partial charge in [-0.15, -0.1) is 12.4 Å². The smallest absolute Gasteiger partial charge is 0.337 e. The predicted octanol–water partition coefficient (Wildman–Crippen LogP) is 1.75. The van der Waals surface area contributed by atoms with Gasteiger partial charge in [0.15, 0.2) is 5.15 Å². The molecular formula is C7H8Cl2N2O2. The fourth-order valence-electron chi connectivity index (χ4n) is 0.822. The maximum absolute atomic E-state index is 10.6. The topological polar surface area (TPSA) is 76.2 Å². The molecule has 1 rings (SSSR count). The summed E-state index contributed by atoms with van der Waals surface area (Å²) in [6.45, 7) is 1.65. The van der Waals surface area contributed by atoms with Gasteiger partial charge in [-0.05, 0) is 13.0 Å². The van der Waals surface area contributed by atoms with Gasteiger partial charge in [0.05, 0.1) is 11.3 Å². The number of carboxylic acid groups (broad SMARTS) is 1. The molecule has 0 aliphatic heterocycles. The van der Waals surface area contributed by atoms with Crippen LogP contribution in [0.3, 0.4) is 0 Å². The Morgan fingerprint density at radius 1 is 1.69 bits per heavy atom. The van der Waals surface area contributed by atoms with Gasteiger partial charge in [0.1, 0.15) is 0 Å². The summed E-state index contributed by atoms with van der Waals surface area (Å²) in [5.74, 6) is -1.10. The van der Waals surface area contributed by atoms with Crippen molar-refractivity contribution in [2.45, 2.75) is 6.92 Å². The molecule has 13 heavy (non-hydrogen) atoms. The maximum atomic E-state index is 10.6. The van der Waals surface area contributed by atoms with Gasteiger partial charge < -0.3 is 10.8 Å². The molecule has 3 N–H and O–H groups in total.